The number of nitrogens with one attached hydrogen (secondary N) is 2. The number of amides is 2. The fourth-order valence-corrected chi connectivity index (χ4v) is 2.27. The monoisotopic (exact) mass is 267 g/mol. The topological polar surface area (TPSA) is 84.2 Å². The van der Waals surface area contributed by atoms with Crippen molar-refractivity contribution < 1.29 is 9.59 Å². The van der Waals surface area contributed by atoms with Crippen molar-refractivity contribution in [3.8, 4) is 0 Å². The van der Waals surface area contributed by atoms with E-state index in [0.717, 1.165) is 17.7 Å². The first kappa shape index (κ1) is 13.0. The Morgan fingerprint density at radius 2 is 2.28 bits per heavy atom. The second-order valence-corrected chi connectivity index (χ2v) is 5.49. The van der Waals surface area contributed by atoms with Crippen molar-refractivity contribution in [1.82, 2.24) is 10.6 Å². The molecule has 2 amide bonds. The highest BCUT2D eigenvalue weighted by Crippen LogP contribution is 2.18. The zero-order chi connectivity index (χ0) is 13.0. The van der Waals surface area contributed by atoms with Crippen molar-refractivity contribution in [2.24, 2.45) is 5.73 Å². The van der Waals surface area contributed by atoms with Crippen LogP contribution in [0.4, 0.5) is 0 Å². The predicted molar refractivity (Wildman–Crippen MR) is 69.9 cm³/mol. The zero-order valence-electron chi connectivity index (χ0n) is 10.0. The van der Waals surface area contributed by atoms with Gasteiger partial charge in [-0.3, -0.25) is 9.59 Å². The molecule has 1 aliphatic rings. The molecular formula is C12H17N3O2S. The summed E-state index contributed by atoms with van der Waals surface area (Å²) in [7, 11) is 0. The van der Waals surface area contributed by atoms with Crippen molar-refractivity contribution in [3.05, 3.63) is 22.4 Å². The minimum absolute atomic E-state index is 0.108. The number of thiophene rings is 1. The van der Waals surface area contributed by atoms with Gasteiger partial charge in [0.05, 0.1) is 12.5 Å². The van der Waals surface area contributed by atoms with Crippen LogP contribution < -0.4 is 16.4 Å². The van der Waals surface area contributed by atoms with Gasteiger partial charge in [0.2, 0.25) is 11.8 Å². The van der Waals surface area contributed by atoms with Gasteiger partial charge in [0.1, 0.15) is 0 Å². The quantitative estimate of drug-likeness (QED) is 0.667. The van der Waals surface area contributed by atoms with Crippen LogP contribution >= 0.6 is 11.3 Å². The van der Waals surface area contributed by atoms with Crippen LogP contribution in [0, 0.1) is 0 Å². The van der Waals surface area contributed by atoms with Crippen LogP contribution in [0.1, 0.15) is 24.1 Å². The summed E-state index contributed by atoms with van der Waals surface area (Å²) in [5.74, 6) is -0.600. The Balaban J connectivity index is 1.79. The fraction of sp³-hybridized carbons (Fsp3) is 0.500. The molecule has 0 saturated heterocycles. The molecule has 1 aromatic heterocycles. The Labute approximate surface area is 110 Å². The normalized spacial score (nSPS) is 16.2. The number of primary amides is 1. The molecule has 4 N–H and O–H groups in total. The Kier molecular flexibility index (Phi) is 4.33. The first-order valence-corrected chi connectivity index (χ1v) is 6.87. The lowest BCUT2D eigenvalue weighted by molar-refractivity contribution is -0.126. The van der Waals surface area contributed by atoms with E-state index in [9.17, 15) is 9.59 Å². The maximum absolute atomic E-state index is 11.6. The number of nitrogens with two attached hydrogens (primary N) is 1. The highest BCUT2D eigenvalue weighted by Gasteiger charge is 2.26. The highest BCUT2D eigenvalue weighted by molar-refractivity contribution is 7.09. The highest BCUT2D eigenvalue weighted by atomic mass is 32.1. The van der Waals surface area contributed by atoms with E-state index in [4.69, 9.17) is 5.73 Å². The van der Waals surface area contributed by atoms with Gasteiger partial charge in [0.15, 0.2) is 0 Å². The Morgan fingerprint density at radius 3 is 2.83 bits per heavy atom. The molecule has 1 unspecified atom stereocenters. The van der Waals surface area contributed by atoms with Gasteiger partial charge in [-0.05, 0) is 24.3 Å². The lowest BCUT2D eigenvalue weighted by atomic mass is 10.2. The number of hydrogen-bond acceptors (Lipinski definition) is 4. The molecule has 1 atom stereocenters. The number of rotatable bonds is 7. The van der Waals surface area contributed by atoms with E-state index in [2.05, 4.69) is 10.6 Å². The van der Waals surface area contributed by atoms with Crippen molar-refractivity contribution >= 4 is 23.2 Å². The van der Waals surface area contributed by atoms with Crippen LogP contribution in [0.15, 0.2) is 17.5 Å². The summed E-state index contributed by atoms with van der Waals surface area (Å²) in [5.41, 5.74) is 5.29. The summed E-state index contributed by atoms with van der Waals surface area (Å²) in [4.78, 5) is 24.0. The molecule has 5 nitrogen and oxygen atoms in total. The van der Waals surface area contributed by atoms with Gasteiger partial charge in [-0.2, -0.15) is 0 Å². The van der Waals surface area contributed by atoms with E-state index in [1.54, 1.807) is 11.3 Å². The molecule has 0 aliphatic heterocycles. The van der Waals surface area contributed by atoms with E-state index in [0.29, 0.717) is 12.6 Å². The summed E-state index contributed by atoms with van der Waals surface area (Å²) in [6.45, 7) is 0.558. The predicted octanol–water partition coefficient (Wildman–Crippen LogP) is 0.360. The Bertz CT molecular complexity index is 415. The van der Waals surface area contributed by atoms with Crippen LogP contribution in [0.5, 0.6) is 0 Å². The molecule has 0 bridgehead atoms. The minimum atomic E-state index is -0.606. The van der Waals surface area contributed by atoms with E-state index in [-0.39, 0.29) is 12.3 Å². The first-order valence-electron chi connectivity index (χ1n) is 5.99. The maximum Gasteiger partial charge on any atom is 0.235 e. The molecule has 1 fully saturated rings. The van der Waals surface area contributed by atoms with Crippen LogP contribution in [0.3, 0.4) is 0 Å². The van der Waals surface area contributed by atoms with Gasteiger partial charge >= 0.3 is 0 Å². The molecule has 0 radical (unpaired) electrons. The smallest absolute Gasteiger partial charge is 0.235 e. The Hall–Kier alpha value is -1.40. The lowest BCUT2D eigenvalue weighted by Gasteiger charge is -2.14. The van der Waals surface area contributed by atoms with Crippen molar-refractivity contribution in [1.29, 1.82) is 0 Å². The summed E-state index contributed by atoms with van der Waals surface area (Å²) < 4.78 is 0. The maximum atomic E-state index is 11.6. The third-order valence-electron chi connectivity index (χ3n) is 2.78. The van der Waals surface area contributed by atoms with Gasteiger partial charge in [-0.25, -0.2) is 0 Å². The fourth-order valence-electron chi connectivity index (χ4n) is 1.61. The van der Waals surface area contributed by atoms with Gasteiger partial charge in [0, 0.05) is 17.5 Å². The summed E-state index contributed by atoms with van der Waals surface area (Å²) in [6.07, 6.45) is 2.18. The molecular weight excluding hydrogens is 250 g/mol. The van der Waals surface area contributed by atoms with E-state index in [1.807, 2.05) is 17.5 Å². The van der Waals surface area contributed by atoms with Gasteiger partial charge in [-0.15, -0.1) is 11.3 Å². The number of hydrogen-bond donors (Lipinski definition) is 3. The lowest BCUT2D eigenvalue weighted by Crippen LogP contribution is -2.44. The standard InChI is InChI=1S/C12H17N3O2S/c13-12(17)10(6-11(16)15-8-3-4-8)14-7-9-2-1-5-18-9/h1-2,5,8,10,14H,3-4,6-7H2,(H2,13,17)(H,15,16). The molecule has 1 heterocycles. The molecule has 0 aromatic carbocycles. The summed E-state index contributed by atoms with van der Waals surface area (Å²) >= 11 is 1.60. The van der Waals surface area contributed by atoms with Crippen molar-refractivity contribution in [2.75, 3.05) is 0 Å². The second kappa shape index (κ2) is 5.97. The third-order valence-corrected chi connectivity index (χ3v) is 3.65. The average Bonchev–Trinajstić information content (AvgIpc) is 2.96. The van der Waals surface area contributed by atoms with Crippen molar-refractivity contribution in [3.63, 3.8) is 0 Å². The minimum Gasteiger partial charge on any atom is -0.368 e. The number of carbonyl (C=O) groups excluding carboxylic acids is 2. The van der Waals surface area contributed by atoms with Crippen LogP contribution in [-0.2, 0) is 16.1 Å². The average molecular weight is 267 g/mol. The second-order valence-electron chi connectivity index (χ2n) is 4.46. The summed E-state index contributed by atoms with van der Waals surface area (Å²) in [5, 5.41) is 7.84. The third kappa shape index (κ3) is 4.12. The van der Waals surface area contributed by atoms with Crippen LogP contribution in [0.2, 0.25) is 0 Å². The van der Waals surface area contributed by atoms with Gasteiger partial charge in [-0.1, -0.05) is 6.07 Å². The largest absolute Gasteiger partial charge is 0.368 e. The SMILES string of the molecule is NC(=O)C(CC(=O)NC1CC1)NCc1cccs1. The Morgan fingerprint density at radius 1 is 1.50 bits per heavy atom. The van der Waals surface area contributed by atoms with E-state index >= 15 is 0 Å². The van der Waals surface area contributed by atoms with Crippen LogP contribution in [0.25, 0.3) is 0 Å². The van der Waals surface area contributed by atoms with Gasteiger partial charge < -0.3 is 16.4 Å². The molecule has 1 aliphatic carbocycles. The molecule has 98 valence electrons. The van der Waals surface area contributed by atoms with Gasteiger partial charge in [0.25, 0.3) is 0 Å². The molecule has 1 saturated carbocycles. The molecule has 18 heavy (non-hydrogen) atoms. The van der Waals surface area contributed by atoms with Crippen molar-refractivity contribution in [2.45, 2.75) is 37.9 Å². The molecule has 6 heteroatoms. The van der Waals surface area contributed by atoms with E-state index < -0.39 is 11.9 Å². The first-order chi connectivity index (χ1) is 8.65. The zero-order valence-corrected chi connectivity index (χ0v) is 10.8. The number of carbonyl (C=O) groups is 2. The van der Waals surface area contributed by atoms with E-state index in [1.165, 1.54) is 0 Å². The molecule has 0 spiro atoms. The molecule has 2 rings (SSSR count). The summed E-state index contributed by atoms with van der Waals surface area (Å²) in [6, 6.07) is 3.62. The molecule has 1 aromatic rings. The van der Waals surface area contributed by atoms with Crippen LogP contribution in [-0.4, -0.2) is 23.9 Å².